The zero-order chi connectivity index (χ0) is 13.8. The molecular weight excluding hydrogens is 258 g/mol. The molecule has 1 aromatic carbocycles. The number of aromatic nitrogens is 2. The highest BCUT2D eigenvalue weighted by molar-refractivity contribution is 5.54. The summed E-state index contributed by atoms with van der Waals surface area (Å²) in [5.41, 5.74) is 0.879. The van der Waals surface area contributed by atoms with Gasteiger partial charge >= 0.3 is 0 Å². The maximum Gasteiger partial charge on any atom is 0.257 e. The van der Waals surface area contributed by atoms with Crippen LogP contribution in [0.1, 0.15) is 18.8 Å². The highest BCUT2D eigenvalue weighted by Gasteiger charge is 2.21. The molecule has 0 amide bonds. The van der Waals surface area contributed by atoms with Crippen LogP contribution < -0.4 is 10.1 Å². The predicted molar refractivity (Wildman–Crippen MR) is 72.5 cm³/mol. The number of ether oxygens (including phenoxy) is 2. The SMILES string of the molecule is CCOc1ccc(-c2nc([C@@H]3COCCN3)no2)cc1. The van der Waals surface area contributed by atoms with Crippen LogP contribution in [-0.4, -0.2) is 36.5 Å². The van der Waals surface area contributed by atoms with E-state index in [0.717, 1.165) is 24.5 Å². The molecule has 1 aromatic heterocycles. The Morgan fingerprint density at radius 3 is 2.90 bits per heavy atom. The molecule has 1 fully saturated rings. The van der Waals surface area contributed by atoms with Crippen molar-refractivity contribution in [3.63, 3.8) is 0 Å². The van der Waals surface area contributed by atoms with Gasteiger partial charge < -0.3 is 19.3 Å². The molecule has 1 saturated heterocycles. The molecule has 1 aliphatic heterocycles. The van der Waals surface area contributed by atoms with Crippen molar-refractivity contribution in [2.24, 2.45) is 0 Å². The molecule has 106 valence electrons. The van der Waals surface area contributed by atoms with E-state index in [0.29, 0.717) is 24.9 Å². The van der Waals surface area contributed by atoms with Crippen LogP contribution in [0, 0.1) is 0 Å². The zero-order valence-electron chi connectivity index (χ0n) is 11.3. The smallest absolute Gasteiger partial charge is 0.257 e. The van der Waals surface area contributed by atoms with E-state index in [9.17, 15) is 0 Å². The normalized spacial score (nSPS) is 18.9. The Morgan fingerprint density at radius 1 is 1.35 bits per heavy atom. The van der Waals surface area contributed by atoms with Crippen LogP contribution in [0.4, 0.5) is 0 Å². The second kappa shape index (κ2) is 6.02. The molecule has 1 aliphatic rings. The quantitative estimate of drug-likeness (QED) is 0.917. The van der Waals surface area contributed by atoms with Crippen LogP contribution in [0.25, 0.3) is 11.5 Å². The number of benzene rings is 1. The molecule has 6 nitrogen and oxygen atoms in total. The number of hydrogen-bond acceptors (Lipinski definition) is 6. The summed E-state index contributed by atoms with van der Waals surface area (Å²) in [6.07, 6.45) is 0. The Hall–Kier alpha value is -1.92. The number of nitrogens with one attached hydrogen (secondary N) is 1. The Morgan fingerprint density at radius 2 is 2.20 bits per heavy atom. The van der Waals surface area contributed by atoms with Crippen LogP contribution in [-0.2, 0) is 4.74 Å². The van der Waals surface area contributed by atoms with E-state index in [4.69, 9.17) is 14.0 Å². The van der Waals surface area contributed by atoms with Crippen molar-refractivity contribution in [3.8, 4) is 17.2 Å². The molecule has 0 unspecified atom stereocenters. The lowest BCUT2D eigenvalue weighted by atomic mass is 10.2. The minimum absolute atomic E-state index is 0.00366. The van der Waals surface area contributed by atoms with Crippen molar-refractivity contribution in [1.82, 2.24) is 15.5 Å². The number of nitrogens with zero attached hydrogens (tertiary/aromatic N) is 2. The van der Waals surface area contributed by atoms with Gasteiger partial charge in [-0.2, -0.15) is 4.98 Å². The molecule has 2 aromatic rings. The van der Waals surface area contributed by atoms with Gasteiger partial charge in [-0.05, 0) is 31.2 Å². The third-order valence-corrected chi connectivity index (χ3v) is 3.09. The van der Waals surface area contributed by atoms with Gasteiger partial charge in [0.15, 0.2) is 5.82 Å². The van der Waals surface area contributed by atoms with Gasteiger partial charge in [0, 0.05) is 12.1 Å². The molecule has 1 N–H and O–H groups in total. The van der Waals surface area contributed by atoms with E-state index < -0.39 is 0 Å². The van der Waals surface area contributed by atoms with E-state index in [1.807, 2.05) is 31.2 Å². The Balaban J connectivity index is 1.75. The van der Waals surface area contributed by atoms with Crippen molar-refractivity contribution in [2.75, 3.05) is 26.4 Å². The van der Waals surface area contributed by atoms with E-state index in [1.54, 1.807) is 0 Å². The molecule has 3 rings (SSSR count). The van der Waals surface area contributed by atoms with E-state index in [1.165, 1.54) is 0 Å². The largest absolute Gasteiger partial charge is 0.494 e. The summed E-state index contributed by atoms with van der Waals surface area (Å²) < 4.78 is 16.1. The van der Waals surface area contributed by atoms with E-state index in [-0.39, 0.29) is 6.04 Å². The molecule has 0 saturated carbocycles. The topological polar surface area (TPSA) is 69.4 Å². The molecule has 0 spiro atoms. The summed E-state index contributed by atoms with van der Waals surface area (Å²) in [5, 5.41) is 7.31. The fourth-order valence-corrected chi connectivity index (χ4v) is 2.09. The van der Waals surface area contributed by atoms with Crippen molar-refractivity contribution in [2.45, 2.75) is 13.0 Å². The lowest BCUT2D eigenvalue weighted by molar-refractivity contribution is 0.0734. The maximum absolute atomic E-state index is 5.40. The highest BCUT2D eigenvalue weighted by Crippen LogP contribution is 2.22. The average Bonchev–Trinajstić information content (AvgIpc) is 2.99. The first-order valence-electron chi connectivity index (χ1n) is 6.75. The van der Waals surface area contributed by atoms with Crippen LogP contribution in [0.2, 0.25) is 0 Å². The molecule has 6 heteroatoms. The van der Waals surface area contributed by atoms with Gasteiger partial charge in [0.05, 0.1) is 25.9 Å². The van der Waals surface area contributed by atoms with E-state index in [2.05, 4.69) is 15.5 Å². The Kier molecular flexibility index (Phi) is 3.94. The molecule has 0 radical (unpaired) electrons. The summed E-state index contributed by atoms with van der Waals surface area (Å²) in [6.45, 7) is 4.70. The van der Waals surface area contributed by atoms with Gasteiger partial charge in [0.2, 0.25) is 0 Å². The van der Waals surface area contributed by atoms with Crippen LogP contribution in [0.3, 0.4) is 0 Å². The average molecular weight is 275 g/mol. The van der Waals surface area contributed by atoms with Gasteiger partial charge in [-0.1, -0.05) is 5.16 Å². The van der Waals surface area contributed by atoms with Gasteiger partial charge in [0.1, 0.15) is 5.75 Å². The first-order valence-corrected chi connectivity index (χ1v) is 6.75. The molecule has 0 bridgehead atoms. The Bertz CT molecular complexity index is 547. The van der Waals surface area contributed by atoms with Gasteiger partial charge in [-0.15, -0.1) is 0 Å². The van der Waals surface area contributed by atoms with Crippen LogP contribution in [0.5, 0.6) is 5.75 Å². The third kappa shape index (κ3) is 2.81. The minimum Gasteiger partial charge on any atom is -0.494 e. The van der Waals surface area contributed by atoms with Crippen LogP contribution in [0.15, 0.2) is 28.8 Å². The number of rotatable bonds is 4. The second-order valence-corrected chi connectivity index (χ2v) is 4.50. The number of hydrogen-bond donors (Lipinski definition) is 1. The fraction of sp³-hybridized carbons (Fsp3) is 0.429. The highest BCUT2D eigenvalue weighted by atomic mass is 16.5. The fourth-order valence-electron chi connectivity index (χ4n) is 2.09. The monoisotopic (exact) mass is 275 g/mol. The lowest BCUT2D eigenvalue weighted by Gasteiger charge is -2.20. The Labute approximate surface area is 117 Å². The van der Waals surface area contributed by atoms with Crippen molar-refractivity contribution in [1.29, 1.82) is 0 Å². The zero-order valence-corrected chi connectivity index (χ0v) is 11.3. The first-order chi connectivity index (χ1) is 9.86. The molecular formula is C14H17N3O3. The summed E-state index contributed by atoms with van der Waals surface area (Å²) in [7, 11) is 0. The molecule has 1 atom stereocenters. The molecule has 0 aliphatic carbocycles. The molecule has 2 heterocycles. The predicted octanol–water partition coefficient (Wildman–Crippen LogP) is 1.80. The van der Waals surface area contributed by atoms with Crippen molar-refractivity contribution < 1.29 is 14.0 Å². The summed E-state index contributed by atoms with van der Waals surface area (Å²) in [5.74, 6) is 1.97. The minimum atomic E-state index is 0.00366. The molecule has 20 heavy (non-hydrogen) atoms. The van der Waals surface area contributed by atoms with Gasteiger partial charge in [-0.25, -0.2) is 0 Å². The second-order valence-electron chi connectivity index (χ2n) is 4.50. The van der Waals surface area contributed by atoms with Crippen LogP contribution >= 0.6 is 0 Å². The van der Waals surface area contributed by atoms with Crippen molar-refractivity contribution in [3.05, 3.63) is 30.1 Å². The standard InChI is InChI=1S/C14H17N3O3/c1-2-19-11-5-3-10(4-6-11)14-16-13(17-20-14)12-9-18-8-7-15-12/h3-6,12,15H,2,7-9H2,1H3/t12-/m0/s1. The van der Waals surface area contributed by atoms with Crippen molar-refractivity contribution >= 4 is 0 Å². The van der Waals surface area contributed by atoms with Gasteiger partial charge in [0.25, 0.3) is 5.89 Å². The van der Waals surface area contributed by atoms with Gasteiger partial charge in [-0.3, -0.25) is 0 Å². The summed E-state index contributed by atoms with van der Waals surface area (Å²) >= 11 is 0. The van der Waals surface area contributed by atoms with E-state index >= 15 is 0 Å². The maximum atomic E-state index is 5.40. The third-order valence-electron chi connectivity index (χ3n) is 3.09. The summed E-state index contributed by atoms with van der Waals surface area (Å²) in [4.78, 5) is 4.42. The summed E-state index contributed by atoms with van der Waals surface area (Å²) in [6, 6.07) is 7.61. The first kappa shape index (κ1) is 13.1. The lowest BCUT2D eigenvalue weighted by Crippen LogP contribution is -2.35. The number of morpholine rings is 1.